The van der Waals surface area contributed by atoms with Crippen molar-refractivity contribution in [3.05, 3.63) is 0 Å². The average molecular weight is 286 g/mol. The molecule has 3 aliphatic rings. The number of carbonyl (C=O) groups excluding carboxylic acids is 1. The lowest BCUT2D eigenvalue weighted by Crippen LogP contribution is -2.47. The van der Waals surface area contributed by atoms with Crippen LogP contribution in [0, 0.1) is 0 Å². The summed E-state index contributed by atoms with van der Waals surface area (Å²) in [5.74, 6) is 0.0919. The molecule has 2 unspecified atom stereocenters. The van der Waals surface area contributed by atoms with Crippen LogP contribution in [0.2, 0.25) is 0 Å². The molecule has 2 aliphatic heterocycles. The van der Waals surface area contributed by atoms with Crippen molar-refractivity contribution in [2.24, 2.45) is 0 Å². The Morgan fingerprint density at radius 2 is 2.26 bits per heavy atom. The first kappa shape index (κ1) is 13.7. The third-order valence-corrected chi connectivity index (χ3v) is 5.03. The summed E-state index contributed by atoms with van der Waals surface area (Å²) in [5, 5.41) is 0. The molecule has 3 rings (SSSR count). The van der Waals surface area contributed by atoms with Gasteiger partial charge < -0.3 is 14.2 Å². The van der Waals surface area contributed by atoms with Crippen molar-refractivity contribution < 1.29 is 14.1 Å². The SMILES string of the molecule is C[C@]12CCCCC1OB(C1CCCN1C(=O)CCl)O2. The van der Waals surface area contributed by atoms with Crippen LogP contribution in [0.5, 0.6) is 0 Å². The average Bonchev–Trinajstić information content (AvgIpc) is 3.00. The Balaban J connectivity index is 1.71. The summed E-state index contributed by atoms with van der Waals surface area (Å²) in [7, 11) is -0.261. The van der Waals surface area contributed by atoms with E-state index >= 15 is 0 Å². The van der Waals surface area contributed by atoms with E-state index in [1.165, 1.54) is 12.8 Å². The monoisotopic (exact) mass is 285 g/mol. The lowest BCUT2D eigenvalue weighted by Gasteiger charge is -2.34. The lowest BCUT2D eigenvalue weighted by atomic mass is 9.76. The molecule has 0 bridgehead atoms. The number of alkyl halides is 1. The summed E-state index contributed by atoms with van der Waals surface area (Å²) in [6, 6.07) is 0. The summed E-state index contributed by atoms with van der Waals surface area (Å²) < 4.78 is 12.3. The molecule has 106 valence electrons. The second-order valence-corrected chi connectivity index (χ2v) is 6.37. The highest BCUT2D eigenvalue weighted by Gasteiger charge is 2.54. The van der Waals surface area contributed by atoms with Crippen LogP contribution in [-0.2, 0) is 14.1 Å². The molecule has 2 heterocycles. The van der Waals surface area contributed by atoms with E-state index in [4.69, 9.17) is 20.9 Å². The molecule has 0 aromatic rings. The topological polar surface area (TPSA) is 38.8 Å². The largest absolute Gasteiger partial charge is 0.481 e. The fourth-order valence-corrected chi connectivity index (χ4v) is 3.86. The molecule has 1 amide bonds. The third-order valence-electron chi connectivity index (χ3n) is 4.80. The van der Waals surface area contributed by atoms with Gasteiger partial charge in [0.2, 0.25) is 5.91 Å². The molecule has 6 heteroatoms. The van der Waals surface area contributed by atoms with Gasteiger partial charge >= 0.3 is 7.12 Å². The van der Waals surface area contributed by atoms with Crippen LogP contribution in [0.25, 0.3) is 0 Å². The van der Waals surface area contributed by atoms with Gasteiger partial charge in [0.25, 0.3) is 0 Å². The summed E-state index contributed by atoms with van der Waals surface area (Å²) in [5.41, 5.74) is -0.152. The molecule has 0 aromatic heterocycles. The first-order valence-electron chi connectivity index (χ1n) is 7.33. The molecular weight excluding hydrogens is 264 g/mol. The highest BCUT2D eigenvalue weighted by molar-refractivity contribution is 6.48. The Morgan fingerprint density at radius 3 is 3.00 bits per heavy atom. The second kappa shape index (κ2) is 5.26. The zero-order valence-corrected chi connectivity index (χ0v) is 12.2. The van der Waals surface area contributed by atoms with E-state index < -0.39 is 0 Å². The van der Waals surface area contributed by atoms with Crippen molar-refractivity contribution in [1.82, 2.24) is 4.90 Å². The molecule has 1 aliphatic carbocycles. The van der Waals surface area contributed by atoms with Crippen LogP contribution in [0.3, 0.4) is 0 Å². The minimum absolute atomic E-state index is 0.00334. The van der Waals surface area contributed by atoms with Gasteiger partial charge in [0.1, 0.15) is 5.88 Å². The number of halogens is 1. The normalized spacial score (nSPS) is 38.6. The Morgan fingerprint density at radius 1 is 1.42 bits per heavy atom. The van der Waals surface area contributed by atoms with E-state index in [9.17, 15) is 4.79 Å². The van der Waals surface area contributed by atoms with Crippen LogP contribution in [0.1, 0.15) is 45.4 Å². The van der Waals surface area contributed by atoms with Crippen LogP contribution in [0.15, 0.2) is 0 Å². The van der Waals surface area contributed by atoms with Crippen molar-refractivity contribution in [3.8, 4) is 0 Å². The summed E-state index contributed by atoms with van der Waals surface area (Å²) in [6.07, 6.45) is 6.71. The molecule has 3 atom stereocenters. The Hall–Kier alpha value is -0.255. The standard InChI is InChI=1S/C13H21BClNO3/c1-13-7-3-2-5-10(13)18-14(19-13)11-6-4-8-16(11)12(17)9-15/h10-11H,2-9H2,1H3/t10?,11?,13-/m0/s1. The summed E-state index contributed by atoms with van der Waals surface area (Å²) in [6.45, 7) is 2.93. The maximum absolute atomic E-state index is 11.9. The van der Waals surface area contributed by atoms with E-state index in [-0.39, 0.29) is 36.6 Å². The van der Waals surface area contributed by atoms with Gasteiger partial charge in [-0.1, -0.05) is 12.8 Å². The highest BCUT2D eigenvalue weighted by Crippen LogP contribution is 2.41. The zero-order chi connectivity index (χ0) is 13.5. The quantitative estimate of drug-likeness (QED) is 0.575. The lowest BCUT2D eigenvalue weighted by molar-refractivity contribution is -0.128. The number of likely N-dealkylation sites (tertiary alicyclic amines) is 1. The highest BCUT2D eigenvalue weighted by atomic mass is 35.5. The van der Waals surface area contributed by atoms with Gasteiger partial charge in [-0.25, -0.2) is 0 Å². The molecule has 0 spiro atoms. The van der Waals surface area contributed by atoms with Gasteiger partial charge in [0.05, 0.1) is 17.6 Å². The number of fused-ring (bicyclic) bond motifs is 1. The molecule has 0 radical (unpaired) electrons. The third kappa shape index (κ3) is 2.41. The van der Waals surface area contributed by atoms with Crippen molar-refractivity contribution >= 4 is 24.6 Å². The van der Waals surface area contributed by atoms with Crippen molar-refractivity contribution in [2.45, 2.75) is 63.1 Å². The number of carbonyl (C=O) groups is 1. The van der Waals surface area contributed by atoms with Gasteiger partial charge in [0, 0.05) is 6.54 Å². The molecule has 19 heavy (non-hydrogen) atoms. The van der Waals surface area contributed by atoms with Gasteiger partial charge in [-0.15, -0.1) is 11.6 Å². The van der Waals surface area contributed by atoms with Crippen LogP contribution in [0.4, 0.5) is 0 Å². The van der Waals surface area contributed by atoms with E-state index in [2.05, 4.69) is 6.92 Å². The number of rotatable bonds is 2. The molecule has 0 N–H and O–H groups in total. The van der Waals surface area contributed by atoms with E-state index in [0.29, 0.717) is 0 Å². The number of hydrogen-bond donors (Lipinski definition) is 0. The molecule has 2 saturated heterocycles. The van der Waals surface area contributed by atoms with E-state index in [1.807, 2.05) is 4.90 Å². The number of nitrogens with zero attached hydrogens (tertiary/aromatic N) is 1. The summed E-state index contributed by atoms with van der Waals surface area (Å²) in [4.78, 5) is 13.7. The van der Waals surface area contributed by atoms with E-state index in [0.717, 1.165) is 32.2 Å². The maximum Gasteiger partial charge on any atom is 0.481 e. The fourth-order valence-electron chi connectivity index (χ4n) is 3.70. The predicted octanol–water partition coefficient (Wildman–Crippen LogP) is 1.99. The number of amides is 1. The number of hydrogen-bond acceptors (Lipinski definition) is 3. The van der Waals surface area contributed by atoms with Crippen LogP contribution in [-0.4, -0.2) is 48.0 Å². The molecule has 3 fully saturated rings. The van der Waals surface area contributed by atoms with Gasteiger partial charge in [-0.3, -0.25) is 4.79 Å². The first-order chi connectivity index (χ1) is 9.14. The van der Waals surface area contributed by atoms with Crippen LogP contribution >= 0.6 is 11.6 Å². The Bertz CT molecular complexity index is 370. The molecule has 0 aromatic carbocycles. The van der Waals surface area contributed by atoms with Gasteiger partial charge in [0.15, 0.2) is 0 Å². The predicted molar refractivity (Wildman–Crippen MR) is 74.0 cm³/mol. The summed E-state index contributed by atoms with van der Waals surface area (Å²) >= 11 is 5.68. The molecule has 1 saturated carbocycles. The minimum atomic E-state index is -0.261. The molecule has 4 nitrogen and oxygen atoms in total. The Labute approximate surface area is 119 Å². The first-order valence-corrected chi connectivity index (χ1v) is 7.86. The minimum Gasteiger partial charge on any atom is -0.404 e. The van der Waals surface area contributed by atoms with Crippen molar-refractivity contribution in [3.63, 3.8) is 0 Å². The fraction of sp³-hybridized carbons (Fsp3) is 0.923. The van der Waals surface area contributed by atoms with Gasteiger partial charge in [-0.2, -0.15) is 0 Å². The van der Waals surface area contributed by atoms with Gasteiger partial charge in [-0.05, 0) is 32.6 Å². The smallest absolute Gasteiger partial charge is 0.404 e. The van der Waals surface area contributed by atoms with Crippen molar-refractivity contribution in [2.75, 3.05) is 12.4 Å². The van der Waals surface area contributed by atoms with Crippen LogP contribution < -0.4 is 0 Å². The van der Waals surface area contributed by atoms with E-state index in [1.54, 1.807) is 0 Å². The Kier molecular flexibility index (Phi) is 3.80. The van der Waals surface area contributed by atoms with Crippen molar-refractivity contribution in [1.29, 1.82) is 0 Å². The zero-order valence-electron chi connectivity index (χ0n) is 11.4. The second-order valence-electron chi connectivity index (χ2n) is 6.10. The maximum atomic E-state index is 11.9. The molecular formula is C13H21BClNO3.